The van der Waals surface area contributed by atoms with Gasteiger partial charge in [0.2, 0.25) is 10.0 Å². The third-order valence-electron chi connectivity index (χ3n) is 2.80. The van der Waals surface area contributed by atoms with E-state index in [2.05, 4.69) is 20.3 Å². The summed E-state index contributed by atoms with van der Waals surface area (Å²) in [7, 11) is -1.68. The minimum absolute atomic E-state index is 0.207. The summed E-state index contributed by atoms with van der Waals surface area (Å²) >= 11 is 0. The third-order valence-corrected chi connectivity index (χ3v) is 3.53. The van der Waals surface area contributed by atoms with Gasteiger partial charge in [0.1, 0.15) is 0 Å². The SMILES string of the molecule is CN=C(NCCNS(C)(=O)=O)NC(C)c1ccc(F)c(F)c1. The van der Waals surface area contributed by atoms with Crippen molar-refractivity contribution < 1.29 is 17.2 Å². The van der Waals surface area contributed by atoms with Gasteiger partial charge in [0.25, 0.3) is 0 Å². The van der Waals surface area contributed by atoms with Gasteiger partial charge in [-0.05, 0) is 24.6 Å². The first-order valence-corrected chi connectivity index (χ1v) is 8.49. The summed E-state index contributed by atoms with van der Waals surface area (Å²) in [5, 5.41) is 5.91. The van der Waals surface area contributed by atoms with Gasteiger partial charge < -0.3 is 10.6 Å². The van der Waals surface area contributed by atoms with Crippen LogP contribution < -0.4 is 15.4 Å². The molecule has 1 aromatic carbocycles. The summed E-state index contributed by atoms with van der Waals surface area (Å²) in [5.74, 6) is -1.38. The molecule has 1 unspecified atom stereocenters. The number of hydrogen-bond acceptors (Lipinski definition) is 3. The molecule has 0 saturated heterocycles. The number of sulfonamides is 1. The van der Waals surface area contributed by atoms with Crippen molar-refractivity contribution in [2.45, 2.75) is 13.0 Å². The van der Waals surface area contributed by atoms with Crippen molar-refractivity contribution in [3.8, 4) is 0 Å². The van der Waals surface area contributed by atoms with Gasteiger partial charge in [-0.2, -0.15) is 0 Å². The summed E-state index contributed by atoms with van der Waals surface area (Å²) in [6.45, 7) is 2.31. The predicted octanol–water partition coefficient (Wildman–Crippen LogP) is 0.740. The van der Waals surface area contributed by atoms with Crippen molar-refractivity contribution in [1.29, 1.82) is 0 Å². The summed E-state index contributed by atoms with van der Waals surface area (Å²) in [4.78, 5) is 3.98. The first-order valence-electron chi connectivity index (χ1n) is 6.59. The van der Waals surface area contributed by atoms with Crippen LogP contribution in [-0.2, 0) is 10.0 Å². The Hall–Kier alpha value is -1.74. The molecule has 124 valence electrons. The Kier molecular flexibility index (Phi) is 6.69. The van der Waals surface area contributed by atoms with E-state index in [1.54, 1.807) is 14.0 Å². The van der Waals surface area contributed by atoms with Crippen LogP contribution in [0.4, 0.5) is 8.78 Å². The quantitative estimate of drug-likeness (QED) is 0.407. The molecule has 0 aliphatic carbocycles. The number of benzene rings is 1. The standard InChI is InChI=1S/C13H20F2N4O2S/c1-9(10-4-5-11(14)12(15)8-10)19-13(16-2)17-6-7-18-22(3,20)21/h4-5,8-9,18H,6-7H2,1-3H3,(H2,16,17,19). The highest BCUT2D eigenvalue weighted by Gasteiger charge is 2.10. The number of hydrogen-bond donors (Lipinski definition) is 3. The van der Waals surface area contributed by atoms with E-state index < -0.39 is 21.7 Å². The molecular formula is C13H20F2N4O2S. The lowest BCUT2D eigenvalue weighted by Crippen LogP contribution is -2.42. The fraction of sp³-hybridized carbons (Fsp3) is 0.462. The average Bonchev–Trinajstić information content (AvgIpc) is 2.43. The van der Waals surface area contributed by atoms with Gasteiger partial charge in [-0.15, -0.1) is 0 Å². The molecule has 0 amide bonds. The van der Waals surface area contributed by atoms with Gasteiger partial charge in [-0.3, -0.25) is 4.99 Å². The first-order chi connectivity index (χ1) is 10.2. The van der Waals surface area contributed by atoms with E-state index in [-0.39, 0.29) is 12.6 Å². The van der Waals surface area contributed by atoms with Gasteiger partial charge in [-0.25, -0.2) is 21.9 Å². The molecule has 0 radical (unpaired) electrons. The first kappa shape index (κ1) is 18.3. The molecule has 0 aliphatic rings. The zero-order chi connectivity index (χ0) is 16.8. The highest BCUT2D eigenvalue weighted by molar-refractivity contribution is 7.88. The van der Waals surface area contributed by atoms with Gasteiger partial charge in [0, 0.05) is 20.1 Å². The van der Waals surface area contributed by atoms with Crippen LogP contribution in [0, 0.1) is 11.6 Å². The Balaban J connectivity index is 2.53. The molecular weight excluding hydrogens is 314 g/mol. The van der Waals surface area contributed by atoms with Crippen molar-refractivity contribution in [3.05, 3.63) is 35.4 Å². The minimum Gasteiger partial charge on any atom is -0.355 e. The average molecular weight is 334 g/mol. The van der Waals surface area contributed by atoms with E-state index in [1.807, 2.05) is 0 Å². The topological polar surface area (TPSA) is 82.6 Å². The van der Waals surface area contributed by atoms with Crippen LogP contribution in [0.5, 0.6) is 0 Å². The van der Waals surface area contributed by atoms with Crippen LogP contribution in [0.15, 0.2) is 23.2 Å². The maximum atomic E-state index is 13.2. The van der Waals surface area contributed by atoms with E-state index >= 15 is 0 Å². The summed E-state index contributed by atoms with van der Waals surface area (Å²) < 4.78 is 50.3. The zero-order valence-corrected chi connectivity index (χ0v) is 13.5. The van der Waals surface area contributed by atoms with Crippen LogP contribution in [-0.4, -0.2) is 40.8 Å². The zero-order valence-electron chi connectivity index (χ0n) is 12.7. The number of nitrogens with zero attached hydrogens (tertiary/aromatic N) is 1. The highest BCUT2D eigenvalue weighted by atomic mass is 32.2. The maximum absolute atomic E-state index is 13.2. The summed E-state index contributed by atoms with van der Waals surface area (Å²) in [6, 6.07) is 3.36. The Bertz CT molecular complexity index is 635. The molecule has 0 spiro atoms. The number of aliphatic imine (C=N–C) groups is 1. The second-order valence-electron chi connectivity index (χ2n) is 4.71. The molecule has 0 saturated carbocycles. The minimum atomic E-state index is -3.23. The maximum Gasteiger partial charge on any atom is 0.208 e. The van der Waals surface area contributed by atoms with Crippen molar-refractivity contribution in [2.75, 3.05) is 26.4 Å². The Morgan fingerprint density at radius 1 is 1.27 bits per heavy atom. The fourth-order valence-electron chi connectivity index (χ4n) is 1.68. The van der Waals surface area contributed by atoms with Gasteiger partial charge in [-0.1, -0.05) is 6.07 Å². The second-order valence-corrected chi connectivity index (χ2v) is 6.54. The summed E-state index contributed by atoms with van der Waals surface area (Å²) in [6.07, 6.45) is 1.07. The van der Waals surface area contributed by atoms with Crippen LogP contribution >= 0.6 is 0 Å². The Morgan fingerprint density at radius 3 is 2.50 bits per heavy atom. The Morgan fingerprint density at radius 2 is 1.95 bits per heavy atom. The molecule has 3 N–H and O–H groups in total. The number of guanidine groups is 1. The van der Waals surface area contributed by atoms with Gasteiger partial charge >= 0.3 is 0 Å². The molecule has 0 aromatic heterocycles. The highest BCUT2D eigenvalue weighted by Crippen LogP contribution is 2.15. The van der Waals surface area contributed by atoms with Gasteiger partial charge in [0.15, 0.2) is 17.6 Å². The molecule has 6 nitrogen and oxygen atoms in total. The smallest absolute Gasteiger partial charge is 0.208 e. The van der Waals surface area contributed by atoms with E-state index in [9.17, 15) is 17.2 Å². The molecule has 0 bridgehead atoms. The van der Waals surface area contributed by atoms with Crippen molar-refractivity contribution in [3.63, 3.8) is 0 Å². The van der Waals surface area contributed by atoms with Crippen LogP contribution in [0.25, 0.3) is 0 Å². The predicted molar refractivity (Wildman–Crippen MR) is 82.1 cm³/mol. The molecule has 1 aromatic rings. The Labute approximate surface area is 129 Å². The van der Waals surface area contributed by atoms with Gasteiger partial charge in [0.05, 0.1) is 12.3 Å². The summed E-state index contributed by atoms with van der Waals surface area (Å²) in [5.41, 5.74) is 0.566. The van der Waals surface area contributed by atoms with Crippen molar-refractivity contribution in [1.82, 2.24) is 15.4 Å². The van der Waals surface area contributed by atoms with Crippen LogP contribution in [0.2, 0.25) is 0 Å². The molecule has 1 atom stereocenters. The molecule has 22 heavy (non-hydrogen) atoms. The van der Waals surface area contributed by atoms with E-state index in [4.69, 9.17) is 0 Å². The molecule has 0 aliphatic heterocycles. The monoisotopic (exact) mass is 334 g/mol. The molecule has 9 heteroatoms. The van der Waals surface area contributed by atoms with Crippen LogP contribution in [0.3, 0.4) is 0 Å². The van der Waals surface area contributed by atoms with E-state index in [0.717, 1.165) is 18.4 Å². The molecule has 1 rings (SSSR count). The fourth-order valence-corrected chi connectivity index (χ4v) is 2.15. The van der Waals surface area contributed by atoms with E-state index in [0.29, 0.717) is 18.1 Å². The molecule has 0 fully saturated rings. The van der Waals surface area contributed by atoms with Crippen molar-refractivity contribution in [2.24, 2.45) is 4.99 Å². The number of halogens is 2. The number of rotatable bonds is 6. The van der Waals surface area contributed by atoms with Crippen molar-refractivity contribution >= 4 is 16.0 Å². The molecule has 0 heterocycles. The lowest BCUT2D eigenvalue weighted by atomic mass is 10.1. The van der Waals surface area contributed by atoms with E-state index in [1.165, 1.54) is 6.07 Å². The van der Waals surface area contributed by atoms with Crippen LogP contribution in [0.1, 0.15) is 18.5 Å². The second kappa shape index (κ2) is 8.04. The normalized spacial score (nSPS) is 13.8. The largest absolute Gasteiger partial charge is 0.355 e. The lowest BCUT2D eigenvalue weighted by molar-refractivity contribution is 0.504. The third kappa shape index (κ3) is 6.35. The lowest BCUT2D eigenvalue weighted by Gasteiger charge is -2.18. The number of nitrogens with one attached hydrogen (secondary N) is 3.